The zero-order chi connectivity index (χ0) is 26.2. The fourth-order valence-corrected chi connectivity index (χ4v) is 5.17. The first-order valence-electron chi connectivity index (χ1n) is 12.5. The van der Waals surface area contributed by atoms with E-state index in [-0.39, 0.29) is 18.4 Å². The van der Waals surface area contributed by atoms with Gasteiger partial charge in [-0.2, -0.15) is 18.3 Å². The van der Waals surface area contributed by atoms with Crippen LogP contribution in [0, 0.1) is 18.7 Å². The summed E-state index contributed by atoms with van der Waals surface area (Å²) < 4.78 is 55.7. The van der Waals surface area contributed by atoms with Gasteiger partial charge in [0.15, 0.2) is 0 Å². The van der Waals surface area contributed by atoms with Crippen LogP contribution in [0.15, 0.2) is 72.9 Å². The summed E-state index contributed by atoms with van der Waals surface area (Å²) in [5.41, 5.74) is 4.81. The van der Waals surface area contributed by atoms with Crippen LogP contribution in [0.3, 0.4) is 0 Å². The van der Waals surface area contributed by atoms with Gasteiger partial charge in [-0.3, -0.25) is 9.80 Å². The largest absolute Gasteiger partial charge is 0.392 e. The van der Waals surface area contributed by atoms with Crippen molar-refractivity contribution in [2.45, 2.75) is 32.6 Å². The molecule has 4 nitrogen and oxygen atoms in total. The van der Waals surface area contributed by atoms with Crippen LogP contribution in [-0.2, 0) is 6.54 Å². The predicted molar refractivity (Wildman–Crippen MR) is 137 cm³/mol. The van der Waals surface area contributed by atoms with E-state index in [1.54, 1.807) is 23.0 Å². The molecule has 1 aliphatic heterocycles. The molecular weight excluding hydrogens is 480 g/mol. The lowest BCUT2D eigenvalue weighted by molar-refractivity contribution is -0.177. The summed E-state index contributed by atoms with van der Waals surface area (Å²) in [4.78, 5) is 4.30. The quantitative estimate of drug-likeness (QED) is 0.276. The number of aromatic nitrogens is 2. The number of hydrogen-bond donors (Lipinski definition) is 0. The molecule has 4 aromatic rings. The van der Waals surface area contributed by atoms with E-state index in [0.717, 1.165) is 34.3 Å². The molecule has 1 fully saturated rings. The molecule has 0 N–H and O–H groups in total. The van der Waals surface area contributed by atoms with Crippen LogP contribution in [0.5, 0.6) is 0 Å². The molecule has 0 bridgehead atoms. The van der Waals surface area contributed by atoms with Crippen molar-refractivity contribution in [2.75, 3.05) is 26.2 Å². The molecule has 8 heteroatoms. The molecule has 1 unspecified atom stereocenters. The van der Waals surface area contributed by atoms with Gasteiger partial charge in [-0.15, -0.1) is 0 Å². The van der Waals surface area contributed by atoms with Crippen LogP contribution in [0.25, 0.3) is 16.6 Å². The number of benzene rings is 3. The molecule has 0 aliphatic carbocycles. The lowest BCUT2D eigenvalue weighted by atomic mass is 9.94. The summed E-state index contributed by atoms with van der Waals surface area (Å²) in [7, 11) is 0. The molecule has 3 aromatic carbocycles. The molecule has 1 saturated heterocycles. The zero-order valence-electron chi connectivity index (χ0n) is 20.9. The number of hydrogen-bond acceptors (Lipinski definition) is 3. The lowest BCUT2D eigenvalue weighted by Crippen LogP contribution is -2.50. The van der Waals surface area contributed by atoms with Gasteiger partial charge < -0.3 is 0 Å². The molecule has 2 heterocycles. The Morgan fingerprint density at radius 1 is 1.00 bits per heavy atom. The molecule has 0 spiro atoms. The van der Waals surface area contributed by atoms with E-state index in [4.69, 9.17) is 0 Å². The SMILES string of the molecule is Cc1cc2c(cnn2-c2ccc(F)cc2)cc1[C@@H]1CN(Cc2ccccc2)CCN1CC(C)C(F)(F)F. The molecule has 0 saturated carbocycles. The Morgan fingerprint density at radius 2 is 1.73 bits per heavy atom. The van der Waals surface area contributed by atoms with E-state index in [9.17, 15) is 17.6 Å². The Kier molecular flexibility index (Phi) is 7.05. The van der Waals surface area contributed by atoms with Gasteiger partial charge >= 0.3 is 6.18 Å². The molecular formula is C29H30F4N4. The maximum absolute atomic E-state index is 13.5. The standard InChI is InChI=1S/C29H30F4N4/c1-20-14-27-23(16-34-37(27)25-10-8-24(30)9-11-25)15-26(20)28-19-35(18-22-6-4-3-5-7-22)12-13-36(28)17-21(2)29(31,32)33/h3-11,14-16,21,28H,12-13,17-19H2,1-2H3/t21?,28-/m0/s1. The van der Waals surface area contributed by atoms with Crippen LogP contribution in [0.2, 0.25) is 0 Å². The van der Waals surface area contributed by atoms with Crippen molar-refractivity contribution in [1.29, 1.82) is 0 Å². The van der Waals surface area contributed by atoms with Crippen molar-refractivity contribution in [3.63, 3.8) is 0 Å². The van der Waals surface area contributed by atoms with Gasteiger partial charge in [0.2, 0.25) is 0 Å². The monoisotopic (exact) mass is 510 g/mol. The average molecular weight is 511 g/mol. The van der Waals surface area contributed by atoms with Crippen LogP contribution in [-0.4, -0.2) is 51.9 Å². The fraction of sp³-hybridized carbons (Fsp3) is 0.345. The maximum atomic E-state index is 13.5. The second-order valence-electron chi connectivity index (χ2n) is 9.97. The number of rotatable bonds is 6. The molecule has 2 atom stereocenters. The number of halogens is 4. The first kappa shape index (κ1) is 25.4. The van der Waals surface area contributed by atoms with E-state index in [0.29, 0.717) is 19.6 Å². The van der Waals surface area contributed by atoms with Crippen molar-refractivity contribution in [2.24, 2.45) is 5.92 Å². The van der Waals surface area contributed by atoms with Crippen molar-refractivity contribution in [3.8, 4) is 5.69 Å². The van der Waals surface area contributed by atoms with Crippen molar-refractivity contribution < 1.29 is 17.6 Å². The third-order valence-electron chi connectivity index (χ3n) is 7.28. The van der Waals surface area contributed by atoms with Gasteiger partial charge in [0, 0.05) is 44.2 Å². The van der Waals surface area contributed by atoms with Crippen molar-refractivity contribution >= 4 is 10.9 Å². The molecule has 5 rings (SSSR count). The summed E-state index contributed by atoms with van der Waals surface area (Å²) >= 11 is 0. The predicted octanol–water partition coefficient (Wildman–Crippen LogP) is 6.53. The van der Waals surface area contributed by atoms with Gasteiger partial charge in [-0.25, -0.2) is 9.07 Å². The highest BCUT2D eigenvalue weighted by molar-refractivity contribution is 5.82. The van der Waals surface area contributed by atoms with Gasteiger partial charge in [0.1, 0.15) is 5.82 Å². The highest BCUT2D eigenvalue weighted by Gasteiger charge is 2.39. The smallest absolute Gasteiger partial charge is 0.296 e. The second kappa shape index (κ2) is 10.3. The lowest BCUT2D eigenvalue weighted by Gasteiger charge is -2.43. The third kappa shape index (κ3) is 5.55. The highest BCUT2D eigenvalue weighted by Crippen LogP contribution is 2.35. The van der Waals surface area contributed by atoms with Crippen LogP contribution < -0.4 is 0 Å². The normalized spacial score (nSPS) is 18.4. The Labute approximate surface area is 214 Å². The molecule has 37 heavy (non-hydrogen) atoms. The minimum Gasteiger partial charge on any atom is -0.296 e. The van der Waals surface area contributed by atoms with E-state index in [2.05, 4.69) is 28.2 Å². The minimum absolute atomic E-state index is 0.0420. The topological polar surface area (TPSA) is 24.3 Å². The van der Waals surface area contributed by atoms with E-state index >= 15 is 0 Å². The summed E-state index contributed by atoms with van der Waals surface area (Å²) in [6.45, 7) is 5.87. The number of aryl methyl sites for hydroxylation is 1. The average Bonchev–Trinajstić information content (AvgIpc) is 3.27. The fourth-order valence-electron chi connectivity index (χ4n) is 5.17. The zero-order valence-corrected chi connectivity index (χ0v) is 20.9. The highest BCUT2D eigenvalue weighted by atomic mass is 19.4. The molecule has 1 aromatic heterocycles. The number of alkyl halides is 3. The van der Waals surface area contributed by atoms with Crippen molar-refractivity contribution in [3.05, 3.63) is 95.4 Å². The summed E-state index contributed by atoms with van der Waals surface area (Å²) in [6.07, 6.45) is -2.48. The minimum atomic E-state index is -4.24. The molecule has 0 amide bonds. The van der Waals surface area contributed by atoms with Crippen LogP contribution in [0.1, 0.15) is 29.7 Å². The Bertz CT molecular complexity index is 1350. The molecule has 0 radical (unpaired) electrons. The van der Waals surface area contributed by atoms with Gasteiger partial charge in [0.25, 0.3) is 0 Å². The van der Waals surface area contributed by atoms with E-state index < -0.39 is 12.1 Å². The van der Waals surface area contributed by atoms with Crippen LogP contribution in [0.4, 0.5) is 17.6 Å². The Morgan fingerprint density at radius 3 is 2.43 bits per heavy atom. The first-order valence-corrected chi connectivity index (χ1v) is 12.5. The number of piperazine rings is 1. The third-order valence-corrected chi connectivity index (χ3v) is 7.28. The number of fused-ring (bicyclic) bond motifs is 1. The maximum Gasteiger partial charge on any atom is 0.392 e. The Balaban J connectivity index is 1.48. The van der Waals surface area contributed by atoms with E-state index in [1.165, 1.54) is 24.6 Å². The van der Waals surface area contributed by atoms with Gasteiger partial charge in [-0.1, -0.05) is 37.3 Å². The summed E-state index contributed by atoms with van der Waals surface area (Å²) in [5, 5.41) is 5.41. The summed E-state index contributed by atoms with van der Waals surface area (Å²) in [6, 6.07) is 20.2. The first-order chi connectivity index (χ1) is 17.7. The molecule has 194 valence electrons. The summed E-state index contributed by atoms with van der Waals surface area (Å²) in [5.74, 6) is -1.73. The van der Waals surface area contributed by atoms with Crippen molar-refractivity contribution in [1.82, 2.24) is 19.6 Å². The number of nitrogens with zero attached hydrogens (tertiary/aromatic N) is 4. The van der Waals surface area contributed by atoms with E-state index in [1.807, 2.05) is 36.1 Å². The van der Waals surface area contributed by atoms with Gasteiger partial charge in [0.05, 0.1) is 23.3 Å². The Hall–Kier alpha value is -3.23. The van der Waals surface area contributed by atoms with Crippen LogP contribution >= 0.6 is 0 Å². The molecule has 1 aliphatic rings. The van der Waals surface area contributed by atoms with Gasteiger partial charge in [-0.05, 0) is 60.0 Å². The second-order valence-corrected chi connectivity index (χ2v) is 9.97.